The van der Waals surface area contributed by atoms with Crippen molar-refractivity contribution in [3.63, 3.8) is 0 Å². The molecule has 2 aliphatic carbocycles. The van der Waals surface area contributed by atoms with Gasteiger partial charge in [-0.1, -0.05) is 198 Å². The van der Waals surface area contributed by atoms with Crippen LogP contribution in [0.15, 0.2) is 285 Å². The van der Waals surface area contributed by atoms with E-state index in [4.69, 9.17) is 17.7 Å². The zero-order valence-corrected chi connectivity index (χ0v) is 68.6. The molecule has 8 heterocycles. The van der Waals surface area contributed by atoms with Crippen LogP contribution in [0.25, 0.3) is 176 Å². The van der Waals surface area contributed by atoms with Gasteiger partial charge in [-0.15, -0.1) is 0 Å². The van der Waals surface area contributed by atoms with Crippen molar-refractivity contribution < 1.29 is 35.9 Å². The number of benzene rings is 12. The SMILES string of the molecule is CCc1ccc(-c2c(C)ccc3c2oc2cc4ccccc4cc23)[n+](C)c1.Cc1ccc2c(oc3cc4ccccc4cc32)c1-c1ccc(C(C)C)c[n+]1C.Cc1ccc2c(oc3cc4ccccc4cc32)c1-c1ccc(C2CCCC2)c[n+]1C.Cc1ccc2c(oc3cc4ccccc4cc32)c1-c1ccc(C2CCCCC2)c[n+]1C. The molecule has 0 N–H and O–H groups in total. The molecule has 20 aromatic rings. The number of hydrogen-bond donors (Lipinski definition) is 0. The second kappa shape index (κ2) is 30.3. The van der Waals surface area contributed by atoms with E-state index in [0.717, 1.165) is 57.0 Å². The minimum absolute atomic E-state index is 0.510. The predicted octanol–water partition coefficient (Wildman–Crippen LogP) is 27.5. The fourth-order valence-electron chi connectivity index (χ4n) is 19.1. The van der Waals surface area contributed by atoms with Crippen LogP contribution in [0.1, 0.15) is 141 Å². The Bertz CT molecular complexity index is 7270. The number of aryl methyl sites for hydroxylation is 9. The molecule has 8 heteroatoms. The normalized spacial score (nSPS) is 13.6. The lowest BCUT2D eigenvalue weighted by Crippen LogP contribution is -2.32. The molecule has 0 unspecified atom stereocenters. The van der Waals surface area contributed by atoms with Crippen LogP contribution >= 0.6 is 0 Å². The number of rotatable bonds is 8. The molecule has 0 atom stereocenters. The van der Waals surface area contributed by atoms with E-state index in [0.29, 0.717) is 11.8 Å². The van der Waals surface area contributed by atoms with E-state index in [-0.39, 0.29) is 0 Å². The van der Waals surface area contributed by atoms with Crippen LogP contribution in [0, 0.1) is 27.7 Å². The molecule has 572 valence electrons. The van der Waals surface area contributed by atoms with E-state index in [9.17, 15) is 0 Å². The van der Waals surface area contributed by atoms with Crippen LogP contribution in [0.4, 0.5) is 0 Å². The average Bonchev–Trinajstić information content (AvgIpc) is 1.60. The Morgan fingerprint density at radius 2 is 0.569 bits per heavy atom. The molecule has 0 spiro atoms. The topological polar surface area (TPSA) is 68.1 Å². The standard InChI is InChI=1S/C29H28NO.C28H26NO.C26H24NO.C25H22NO/c1-19-12-14-24-25-16-21-10-6-7-11-22(21)17-27(25)31-29(24)28(19)26-15-13-23(18-30(26)2)20-8-4-3-5-9-20;1-18-11-13-23-24-15-20-9-5-6-10-21(20)16-26(24)30-28(23)27(18)25-14-12-22(17-29(25)2)19-7-3-4-8-19;1-16(2)20-10-12-23(27(4)15-20)25-17(3)9-11-21-22-13-18-7-5-6-8-19(18)14-24(22)28-26(21)25;1-4-17-10-12-22(26(3)15-17)24-16(2)9-11-20-21-13-18-7-5-6-8-19(18)14-23(21)27-25(20)24/h6-7,10-18,20H,3-5,8-9H2,1-2H3;5-6,9-17,19H,3-4,7-8H2,1-2H3;5-16H,1-4H3;5-15H,4H2,1-3H3/q4*+1. The molecule has 12 aromatic carbocycles. The molecule has 2 fully saturated rings. The second-order valence-corrected chi connectivity index (χ2v) is 33.5. The smallest absolute Gasteiger partial charge is 0.216 e. The fourth-order valence-corrected chi connectivity index (χ4v) is 19.1. The molecule has 22 rings (SSSR count). The molecular formula is C108H100N4O4+4. The van der Waals surface area contributed by atoms with Crippen molar-refractivity contribution in [1.29, 1.82) is 0 Å². The van der Waals surface area contributed by atoms with Crippen molar-refractivity contribution in [1.82, 2.24) is 0 Å². The summed E-state index contributed by atoms with van der Waals surface area (Å²) in [6.07, 6.45) is 22.3. The van der Waals surface area contributed by atoms with Crippen LogP contribution in [0.5, 0.6) is 0 Å². The van der Waals surface area contributed by atoms with E-state index in [1.807, 2.05) is 0 Å². The van der Waals surface area contributed by atoms with Crippen molar-refractivity contribution >= 4 is 131 Å². The minimum Gasteiger partial charge on any atom is -0.455 e. The van der Waals surface area contributed by atoms with Gasteiger partial charge in [0, 0.05) is 89.6 Å². The highest BCUT2D eigenvalue weighted by Crippen LogP contribution is 2.45. The molecule has 0 saturated heterocycles. The van der Waals surface area contributed by atoms with Gasteiger partial charge in [0.2, 0.25) is 22.8 Å². The van der Waals surface area contributed by atoms with Crippen LogP contribution in [-0.2, 0) is 34.6 Å². The third kappa shape index (κ3) is 13.4. The van der Waals surface area contributed by atoms with Crippen molar-refractivity contribution in [2.75, 3.05) is 0 Å². The quantitative estimate of drug-likeness (QED) is 0.142. The minimum atomic E-state index is 0.510. The van der Waals surface area contributed by atoms with Gasteiger partial charge in [-0.3, -0.25) is 0 Å². The summed E-state index contributed by atoms with van der Waals surface area (Å²) in [6, 6.07) is 87.4. The van der Waals surface area contributed by atoms with Gasteiger partial charge < -0.3 is 17.7 Å². The largest absolute Gasteiger partial charge is 0.455 e. The van der Waals surface area contributed by atoms with E-state index >= 15 is 0 Å². The summed E-state index contributed by atoms with van der Waals surface area (Å²) in [5, 5.41) is 19.3. The predicted molar refractivity (Wildman–Crippen MR) is 481 cm³/mol. The molecule has 2 aliphatic rings. The molecule has 8 nitrogen and oxygen atoms in total. The van der Waals surface area contributed by atoms with Crippen molar-refractivity contribution in [2.24, 2.45) is 28.2 Å². The van der Waals surface area contributed by atoms with Gasteiger partial charge in [-0.2, -0.15) is 0 Å². The molecule has 0 radical (unpaired) electrons. The fraction of sp³-hybridized carbons (Fsp3) is 0.222. The monoisotopic (exact) mass is 1520 g/mol. The second-order valence-electron chi connectivity index (χ2n) is 33.5. The molecule has 0 aliphatic heterocycles. The number of hydrogen-bond acceptors (Lipinski definition) is 4. The number of nitrogens with zero attached hydrogens (tertiary/aromatic N) is 4. The number of fused-ring (bicyclic) bond motifs is 16. The van der Waals surface area contributed by atoms with E-state index in [2.05, 4.69) is 362 Å². The van der Waals surface area contributed by atoms with Crippen LogP contribution in [0.2, 0.25) is 0 Å². The van der Waals surface area contributed by atoms with Crippen LogP contribution in [0.3, 0.4) is 0 Å². The highest BCUT2D eigenvalue weighted by atomic mass is 16.3. The van der Waals surface area contributed by atoms with E-state index < -0.39 is 0 Å². The van der Waals surface area contributed by atoms with Crippen molar-refractivity contribution in [2.45, 2.75) is 130 Å². The Morgan fingerprint density at radius 3 is 0.853 bits per heavy atom. The first-order chi connectivity index (χ1) is 56.6. The maximum atomic E-state index is 6.52. The van der Waals surface area contributed by atoms with Crippen LogP contribution in [-0.4, -0.2) is 0 Å². The molecule has 0 bridgehead atoms. The molecule has 8 aromatic heterocycles. The Morgan fingerprint density at radius 1 is 0.293 bits per heavy atom. The van der Waals surface area contributed by atoms with Gasteiger partial charge in [-0.25, -0.2) is 18.3 Å². The Hall–Kier alpha value is -12.5. The Labute approximate surface area is 678 Å². The Balaban J connectivity index is 0.000000103. The number of furan rings is 4. The highest BCUT2D eigenvalue weighted by molar-refractivity contribution is 6.17. The van der Waals surface area contributed by atoms with Crippen LogP contribution < -0.4 is 18.3 Å². The van der Waals surface area contributed by atoms with Gasteiger partial charge in [0.1, 0.15) is 72.9 Å². The van der Waals surface area contributed by atoms with Crippen molar-refractivity contribution in [3.05, 3.63) is 312 Å². The lowest BCUT2D eigenvalue weighted by Gasteiger charge is -2.21. The third-order valence-corrected chi connectivity index (χ3v) is 25.5. The van der Waals surface area contributed by atoms with Gasteiger partial charge in [-0.05, 0) is 216 Å². The first-order valence-electron chi connectivity index (χ1n) is 41.9. The maximum Gasteiger partial charge on any atom is 0.216 e. The maximum absolute atomic E-state index is 6.52. The van der Waals surface area contributed by atoms with Gasteiger partial charge in [0.05, 0.1) is 22.3 Å². The zero-order chi connectivity index (χ0) is 79.1. The van der Waals surface area contributed by atoms with Crippen molar-refractivity contribution in [3.8, 4) is 45.0 Å². The molecular weight excluding hydrogens is 1420 g/mol. The van der Waals surface area contributed by atoms with E-state index in [1.54, 1.807) is 0 Å². The molecule has 116 heavy (non-hydrogen) atoms. The number of pyridine rings is 4. The summed E-state index contributed by atoms with van der Waals surface area (Å²) in [6.45, 7) is 15.3. The summed E-state index contributed by atoms with van der Waals surface area (Å²) < 4.78 is 34.9. The zero-order valence-electron chi connectivity index (χ0n) is 68.6. The lowest BCUT2D eigenvalue weighted by molar-refractivity contribution is -0.661. The average molecular weight is 1520 g/mol. The first-order valence-corrected chi connectivity index (χ1v) is 41.9. The third-order valence-electron chi connectivity index (χ3n) is 25.5. The summed E-state index contributed by atoms with van der Waals surface area (Å²) >= 11 is 0. The molecule has 0 amide bonds. The summed E-state index contributed by atoms with van der Waals surface area (Å²) in [5.41, 5.74) is 27.9. The summed E-state index contributed by atoms with van der Waals surface area (Å²) in [5.74, 6) is 1.95. The summed E-state index contributed by atoms with van der Waals surface area (Å²) in [7, 11) is 8.58. The highest BCUT2D eigenvalue weighted by Gasteiger charge is 2.29. The summed E-state index contributed by atoms with van der Waals surface area (Å²) in [4.78, 5) is 0. The van der Waals surface area contributed by atoms with Gasteiger partial charge >= 0.3 is 0 Å². The van der Waals surface area contributed by atoms with Gasteiger partial charge in [0.25, 0.3) is 0 Å². The molecule has 2 saturated carbocycles. The van der Waals surface area contributed by atoms with Gasteiger partial charge in [0.15, 0.2) is 24.8 Å². The number of aromatic nitrogens is 4. The van der Waals surface area contributed by atoms with E-state index in [1.165, 1.54) is 234 Å². The Kier molecular flexibility index (Phi) is 19.3. The lowest BCUT2D eigenvalue weighted by atomic mass is 9.84. The first kappa shape index (κ1) is 73.6.